The van der Waals surface area contributed by atoms with Gasteiger partial charge in [0.2, 0.25) is 0 Å². The first-order valence-electron chi connectivity index (χ1n) is 9.33. The first-order chi connectivity index (χ1) is 13.3. The molecule has 1 aromatic carbocycles. The van der Waals surface area contributed by atoms with E-state index in [2.05, 4.69) is 15.1 Å². The first-order valence-corrected chi connectivity index (χ1v) is 9.71. The van der Waals surface area contributed by atoms with Crippen LogP contribution in [0.4, 0.5) is 5.82 Å². The highest BCUT2D eigenvalue weighted by atomic mass is 35.5. The molecule has 1 saturated carbocycles. The number of anilines is 1. The number of rotatable bonds is 4. The number of hydrogen-bond donors (Lipinski definition) is 2. The second kappa shape index (κ2) is 6.90. The molecule has 7 nitrogen and oxygen atoms in total. The minimum Gasteiger partial charge on any atom is -0.496 e. The van der Waals surface area contributed by atoms with Crippen molar-refractivity contribution in [1.29, 1.82) is 0 Å². The van der Waals surface area contributed by atoms with E-state index in [1.165, 1.54) is 6.33 Å². The molecule has 2 heterocycles. The van der Waals surface area contributed by atoms with Crippen LogP contribution in [-0.2, 0) is 0 Å². The summed E-state index contributed by atoms with van der Waals surface area (Å²) in [5.41, 5.74) is 10.5. The molecule has 0 spiro atoms. The van der Waals surface area contributed by atoms with Crippen molar-refractivity contribution < 1.29 is 9.84 Å². The van der Waals surface area contributed by atoms with Gasteiger partial charge in [-0.15, -0.1) is 0 Å². The molecule has 0 radical (unpaired) electrons. The number of nitrogens with zero attached hydrogens (tertiary/aromatic N) is 4. The number of aromatic nitrogens is 4. The van der Waals surface area contributed by atoms with Gasteiger partial charge in [0.05, 0.1) is 30.3 Å². The van der Waals surface area contributed by atoms with E-state index >= 15 is 0 Å². The van der Waals surface area contributed by atoms with Crippen LogP contribution in [0.25, 0.3) is 11.0 Å². The number of nitrogens with two attached hydrogens (primary N) is 1. The molecule has 1 fully saturated rings. The van der Waals surface area contributed by atoms with Gasteiger partial charge in [-0.05, 0) is 51.2 Å². The molecule has 1 unspecified atom stereocenters. The summed E-state index contributed by atoms with van der Waals surface area (Å²) in [7, 11) is 1.67. The van der Waals surface area contributed by atoms with Crippen LogP contribution < -0.4 is 10.5 Å². The Morgan fingerprint density at radius 3 is 2.68 bits per heavy atom. The Morgan fingerprint density at radius 1 is 1.32 bits per heavy atom. The van der Waals surface area contributed by atoms with Crippen molar-refractivity contribution >= 4 is 28.5 Å². The summed E-state index contributed by atoms with van der Waals surface area (Å²) in [4.78, 5) is 8.48. The molecule has 8 heteroatoms. The number of halogens is 1. The Balaban J connectivity index is 1.89. The molecule has 1 aliphatic rings. The van der Waals surface area contributed by atoms with Crippen LogP contribution in [-0.4, -0.2) is 38.1 Å². The van der Waals surface area contributed by atoms with Gasteiger partial charge in [-0.3, -0.25) is 0 Å². The predicted octanol–water partition coefficient (Wildman–Crippen LogP) is 3.53. The molecule has 0 saturated heterocycles. The fraction of sp³-hybridized carbons (Fsp3) is 0.450. The zero-order valence-corrected chi connectivity index (χ0v) is 17.2. The lowest BCUT2D eigenvalue weighted by atomic mass is 9.75. The summed E-state index contributed by atoms with van der Waals surface area (Å²) >= 11 is 6.60. The van der Waals surface area contributed by atoms with Gasteiger partial charge in [-0.1, -0.05) is 11.6 Å². The molecule has 0 amide bonds. The summed E-state index contributed by atoms with van der Waals surface area (Å²) in [5.74, 6) is 1.46. The number of methoxy groups -OCH3 is 1. The Labute approximate surface area is 168 Å². The summed E-state index contributed by atoms with van der Waals surface area (Å²) in [5, 5.41) is 15.9. The van der Waals surface area contributed by atoms with Gasteiger partial charge in [0, 0.05) is 16.1 Å². The lowest BCUT2D eigenvalue weighted by Crippen LogP contribution is -2.28. The zero-order chi connectivity index (χ0) is 20.2. The van der Waals surface area contributed by atoms with Gasteiger partial charge in [-0.2, -0.15) is 5.10 Å². The van der Waals surface area contributed by atoms with E-state index in [9.17, 15) is 5.11 Å². The number of benzene rings is 1. The average molecular weight is 402 g/mol. The maximum Gasteiger partial charge on any atom is 0.164 e. The van der Waals surface area contributed by atoms with Crippen molar-refractivity contribution in [3.8, 4) is 5.75 Å². The van der Waals surface area contributed by atoms with Crippen molar-refractivity contribution in [2.24, 2.45) is 0 Å². The molecular formula is C20H24ClN5O2. The zero-order valence-electron chi connectivity index (χ0n) is 16.4. The number of nitrogen functional groups attached to an aromatic ring is 1. The van der Waals surface area contributed by atoms with Crippen LogP contribution in [0.2, 0.25) is 5.02 Å². The molecule has 3 aromatic rings. The second-order valence-electron chi connectivity index (χ2n) is 7.51. The van der Waals surface area contributed by atoms with Crippen LogP contribution in [0.1, 0.15) is 54.1 Å². The SMILES string of the molecule is COc1c(C(C)n2nc(C)c3c(N)ncnc32)cc(Cl)c(C)c1C1CC(O)C1. The van der Waals surface area contributed by atoms with E-state index in [0.29, 0.717) is 16.5 Å². The maximum absolute atomic E-state index is 9.79. The van der Waals surface area contributed by atoms with E-state index in [1.807, 2.05) is 31.5 Å². The van der Waals surface area contributed by atoms with Crippen molar-refractivity contribution in [3.05, 3.63) is 39.8 Å². The van der Waals surface area contributed by atoms with Crippen LogP contribution in [0.3, 0.4) is 0 Å². The molecule has 2 aromatic heterocycles. The Hall–Kier alpha value is -2.38. The third-order valence-electron chi connectivity index (χ3n) is 5.79. The predicted molar refractivity (Wildman–Crippen MR) is 109 cm³/mol. The first kappa shape index (κ1) is 19.0. The number of aryl methyl sites for hydroxylation is 1. The van der Waals surface area contributed by atoms with Crippen LogP contribution in [0.5, 0.6) is 5.75 Å². The van der Waals surface area contributed by atoms with Crippen molar-refractivity contribution in [3.63, 3.8) is 0 Å². The highest BCUT2D eigenvalue weighted by Gasteiger charge is 2.34. The van der Waals surface area contributed by atoms with Crippen LogP contribution in [0, 0.1) is 13.8 Å². The Bertz CT molecular complexity index is 1060. The third kappa shape index (κ3) is 2.81. The highest BCUT2D eigenvalue weighted by Crippen LogP contribution is 2.47. The molecule has 148 valence electrons. The standard InChI is InChI=1S/C20H24ClN5O2/c1-9-15(21)7-14(18(28-4)16(9)12-5-13(27)6-12)11(3)26-20-17(10(2)25-26)19(22)23-8-24-20/h7-8,11-13,27H,5-6H2,1-4H3,(H2,22,23,24). The fourth-order valence-corrected chi connectivity index (χ4v) is 4.41. The van der Waals surface area contributed by atoms with E-state index in [4.69, 9.17) is 22.1 Å². The third-order valence-corrected chi connectivity index (χ3v) is 6.18. The maximum atomic E-state index is 9.79. The lowest BCUT2D eigenvalue weighted by Gasteiger charge is -2.35. The minimum atomic E-state index is -0.258. The normalized spacial score (nSPS) is 20.2. The molecule has 1 aliphatic carbocycles. The smallest absolute Gasteiger partial charge is 0.164 e. The van der Waals surface area contributed by atoms with Crippen molar-refractivity contribution in [2.75, 3.05) is 12.8 Å². The highest BCUT2D eigenvalue weighted by molar-refractivity contribution is 6.31. The molecule has 0 bridgehead atoms. The van der Waals surface area contributed by atoms with Gasteiger partial charge in [-0.25, -0.2) is 14.6 Å². The summed E-state index contributed by atoms with van der Waals surface area (Å²) in [6.07, 6.45) is 2.63. The van der Waals surface area contributed by atoms with Gasteiger partial charge in [0.1, 0.15) is 17.9 Å². The molecule has 3 N–H and O–H groups in total. The molecule has 4 rings (SSSR count). The van der Waals surface area contributed by atoms with Gasteiger partial charge in [0.15, 0.2) is 5.65 Å². The number of hydrogen-bond acceptors (Lipinski definition) is 6. The minimum absolute atomic E-state index is 0.178. The van der Waals surface area contributed by atoms with Crippen molar-refractivity contribution in [2.45, 2.75) is 51.7 Å². The number of fused-ring (bicyclic) bond motifs is 1. The molecule has 1 atom stereocenters. The Kier molecular flexibility index (Phi) is 4.67. The largest absolute Gasteiger partial charge is 0.496 e. The van der Waals surface area contributed by atoms with E-state index in [1.54, 1.807) is 7.11 Å². The monoisotopic (exact) mass is 401 g/mol. The summed E-state index contributed by atoms with van der Waals surface area (Å²) < 4.78 is 7.69. The number of aliphatic hydroxyl groups is 1. The van der Waals surface area contributed by atoms with Gasteiger partial charge < -0.3 is 15.6 Å². The topological polar surface area (TPSA) is 99.1 Å². The molecule has 0 aliphatic heterocycles. The van der Waals surface area contributed by atoms with Gasteiger partial charge in [0.25, 0.3) is 0 Å². The average Bonchev–Trinajstić information content (AvgIpc) is 2.98. The fourth-order valence-electron chi connectivity index (χ4n) is 4.19. The summed E-state index contributed by atoms with van der Waals surface area (Å²) in [6, 6.07) is 1.76. The number of aliphatic hydroxyl groups excluding tert-OH is 1. The van der Waals surface area contributed by atoms with Crippen LogP contribution >= 0.6 is 11.6 Å². The van der Waals surface area contributed by atoms with Crippen molar-refractivity contribution in [1.82, 2.24) is 19.7 Å². The molecule has 28 heavy (non-hydrogen) atoms. The van der Waals surface area contributed by atoms with Crippen LogP contribution in [0.15, 0.2) is 12.4 Å². The van der Waals surface area contributed by atoms with E-state index in [0.717, 1.165) is 46.4 Å². The second-order valence-corrected chi connectivity index (χ2v) is 7.91. The number of ether oxygens (including phenoxy) is 1. The quantitative estimate of drug-likeness (QED) is 0.693. The lowest BCUT2D eigenvalue weighted by molar-refractivity contribution is 0.0735. The van der Waals surface area contributed by atoms with E-state index in [-0.39, 0.29) is 18.1 Å². The van der Waals surface area contributed by atoms with E-state index < -0.39 is 0 Å². The van der Waals surface area contributed by atoms with Gasteiger partial charge >= 0.3 is 0 Å². The summed E-state index contributed by atoms with van der Waals surface area (Å²) in [6.45, 7) is 5.93. The molecular weight excluding hydrogens is 378 g/mol. The Morgan fingerprint density at radius 2 is 2.04 bits per heavy atom.